The minimum absolute atomic E-state index is 0.892. The van der Waals surface area contributed by atoms with Crippen LogP contribution in [0.2, 0.25) is 0 Å². The van der Waals surface area contributed by atoms with E-state index in [0.717, 1.165) is 28.3 Å². The molecule has 100 valence electrons. The molecule has 4 aromatic rings. The lowest BCUT2D eigenvalue weighted by Crippen LogP contribution is -1.87. The van der Waals surface area contributed by atoms with Crippen LogP contribution in [0.5, 0.6) is 0 Å². The van der Waals surface area contributed by atoms with E-state index in [9.17, 15) is 0 Å². The highest BCUT2D eigenvalue weighted by molar-refractivity contribution is 5.79. The Balaban J connectivity index is 2.02. The molecule has 0 spiro atoms. The van der Waals surface area contributed by atoms with Gasteiger partial charge in [-0.1, -0.05) is 42.5 Å². The van der Waals surface area contributed by atoms with Crippen LogP contribution in [0.4, 0.5) is 0 Å². The van der Waals surface area contributed by atoms with E-state index in [-0.39, 0.29) is 0 Å². The summed E-state index contributed by atoms with van der Waals surface area (Å²) in [5, 5.41) is 0. The number of rotatable bonds is 2. The van der Waals surface area contributed by atoms with E-state index >= 15 is 0 Å². The number of nitrogens with zero attached hydrogens (tertiary/aromatic N) is 3. The smallest absolute Gasteiger partial charge is 0.145 e. The largest absolute Gasteiger partial charge is 0.299 e. The highest BCUT2D eigenvalue weighted by atomic mass is 15.0. The van der Waals surface area contributed by atoms with E-state index < -0.39 is 0 Å². The zero-order chi connectivity index (χ0) is 14.1. The number of aromatic nitrogens is 3. The summed E-state index contributed by atoms with van der Waals surface area (Å²) in [5.74, 6) is 0.937. The molecule has 0 unspecified atom stereocenters. The van der Waals surface area contributed by atoms with Crippen molar-refractivity contribution in [2.75, 3.05) is 0 Å². The van der Waals surface area contributed by atoms with Crippen molar-refractivity contribution in [2.45, 2.75) is 0 Å². The molecule has 0 saturated carbocycles. The van der Waals surface area contributed by atoms with Gasteiger partial charge in [-0.3, -0.25) is 9.38 Å². The van der Waals surface area contributed by atoms with Crippen molar-refractivity contribution in [3.05, 3.63) is 79.1 Å². The fraction of sp³-hybridized carbons (Fsp3) is 0. The summed E-state index contributed by atoms with van der Waals surface area (Å²) >= 11 is 0. The van der Waals surface area contributed by atoms with Gasteiger partial charge in [0.1, 0.15) is 11.5 Å². The van der Waals surface area contributed by atoms with E-state index in [0.29, 0.717) is 0 Å². The lowest BCUT2D eigenvalue weighted by Gasteiger charge is -2.00. The molecule has 0 aliphatic carbocycles. The first-order chi connectivity index (χ1) is 10.4. The van der Waals surface area contributed by atoms with E-state index in [4.69, 9.17) is 4.98 Å². The summed E-state index contributed by atoms with van der Waals surface area (Å²) in [6.45, 7) is 0. The number of hydrogen-bond donors (Lipinski definition) is 0. The van der Waals surface area contributed by atoms with Gasteiger partial charge in [-0.15, -0.1) is 0 Å². The maximum Gasteiger partial charge on any atom is 0.145 e. The molecule has 0 aliphatic rings. The molecule has 0 bridgehead atoms. The van der Waals surface area contributed by atoms with Gasteiger partial charge in [0.15, 0.2) is 0 Å². The first kappa shape index (κ1) is 11.9. The summed E-state index contributed by atoms with van der Waals surface area (Å²) in [6, 6.07) is 22.2. The van der Waals surface area contributed by atoms with Crippen molar-refractivity contribution in [2.24, 2.45) is 0 Å². The maximum atomic E-state index is 4.83. The second-order valence-electron chi connectivity index (χ2n) is 4.82. The monoisotopic (exact) mass is 271 g/mol. The minimum Gasteiger partial charge on any atom is -0.299 e. The quantitative estimate of drug-likeness (QED) is 0.550. The number of fused-ring (bicyclic) bond motifs is 1. The van der Waals surface area contributed by atoms with E-state index in [1.807, 2.05) is 54.7 Å². The fourth-order valence-corrected chi connectivity index (χ4v) is 2.52. The van der Waals surface area contributed by atoms with Gasteiger partial charge < -0.3 is 0 Å². The molecule has 0 amide bonds. The number of benzene rings is 1. The molecule has 4 rings (SSSR count). The molecule has 0 fully saturated rings. The van der Waals surface area contributed by atoms with Crippen molar-refractivity contribution in [3.63, 3.8) is 0 Å². The molecule has 0 N–H and O–H groups in total. The Hall–Kier alpha value is -2.94. The molecular weight excluding hydrogens is 258 g/mol. The van der Waals surface area contributed by atoms with E-state index in [1.54, 1.807) is 6.20 Å². The molecule has 0 aliphatic heterocycles. The molecule has 3 heterocycles. The Morgan fingerprint density at radius 3 is 2.38 bits per heavy atom. The highest BCUT2D eigenvalue weighted by Gasteiger charge is 2.13. The van der Waals surface area contributed by atoms with E-state index in [2.05, 4.69) is 27.6 Å². The topological polar surface area (TPSA) is 30.2 Å². The molecule has 3 heteroatoms. The zero-order valence-electron chi connectivity index (χ0n) is 11.3. The van der Waals surface area contributed by atoms with Gasteiger partial charge in [0, 0.05) is 18.0 Å². The summed E-state index contributed by atoms with van der Waals surface area (Å²) in [5.41, 5.74) is 3.97. The minimum atomic E-state index is 0.892. The molecule has 0 atom stereocenters. The van der Waals surface area contributed by atoms with Gasteiger partial charge in [-0.25, -0.2) is 4.98 Å². The second-order valence-corrected chi connectivity index (χ2v) is 4.82. The third-order valence-electron chi connectivity index (χ3n) is 3.49. The van der Waals surface area contributed by atoms with Crippen molar-refractivity contribution in [3.8, 4) is 22.8 Å². The fourth-order valence-electron chi connectivity index (χ4n) is 2.52. The van der Waals surface area contributed by atoms with Crippen LogP contribution in [0.1, 0.15) is 0 Å². The third-order valence-corrected chi connectivity index (χ3v) is 3.49. The van der Waals surface area contributed by atoms with Gasteiger partial charge in [0.25, 0.3) is 0 Å². The lowest BCUT2D eigenvalue weighted by molar-refractivity contribution is 1.16. The molecule has 21 heavy (non-hydrogen) atoms. The number of imidazole rings is 1. The molecule has 0 saturated heterocycles. The average Bonchev–Trinajstić information content (AvgIpc) is 2.96. The third kappa shape index (κ3) is 1.99. The highest BCUT2D eigenvalue weighted by Crippen LogP contribution is 2.28. The summed E-state index contributed by atoms with van der Waals surface area (Å²) in [4.78, 5) is 9.26. The SMILES string of the molecule is c1ccc(-c2nc(-c3ccccn3)c3ccccn23)cc1. The Morgan fingerprint density at radius 1 is 0.762 bits per heavy atom. The molecule has 1 aromatic carbocycles. The maximum absolute atomic E-state index is 4.83. The van der Waals surface area contributed by atoms with Crippen LogP contribution in [0, 0.1) is 0 Å². The summed E-state index contributed by atoms with van der Waals surface area (Å²) in [6.07, 6.45) is 3.84. The van der Waals surface area contributed by atoms with Crippen LogP contribution in [0.15, 0.2) is 79.1 Å². The average molecular weight is 271 g/mol. The zero-order valence-corrected chi connectivity index (χ0v) is 11.3. The van der Waals surface area contributed by atoms with Gasteiger partial charge in [-0.2, -0.15) is 0 Å². The first-order valence-corrected chi connectivity index (χ1v) is 6.87. The van der Waals surface area contributed by atoms with Crippen molar-refractivity contribution in [1.82, 2.24) is 14.4 Å². The van der Waals surface area contributed by atoms with Crippen molar-refractivity contribution in [1.29, 1.82) is 0 Å². The normalized spacial score (nSPS) is 10.9. The molecule has 3 nitrogen and oxygen atoms in total. The van der Waals surface area contributed by atoms with Gasteiger partial charge in [-0.05, 0) is 24.3 Å². The summed E-state index contributed by atoms with van der Waals surface area (Å²) < 4.78 is 2.11. The van der Waals surface area contributed by atoms with Gasteiger partial charge in [0.2, 0.25) is 0 Å². The number of hydrogen-bond acceptors (Lipinski definition) is 2. The van der Waals surface area contributed by atoms with Crippen LogP contribution in [0.3, 0.4) is 0 Å². The Kier molecular flexibility index (Phi) is 2.75. The Labute approximate surface area is 122 Å². The number of pyridine rings is 2. The second kappa shape index (κ2) is 4.87. The first-order valence-electron chi connectivity index (χ1n) is 6.87. The van der Waals surface area contributed by atoms with Crippen LogP contribution in [-0.2, 0) is 0 Å². The van der Waals surface area contributed by atoms with Gasteiger partial charge >= 0.3 is 0 Å². The lowest BCUT2D eigenvalue weighted by atomic mass is 10.2. The van der Waals surface area contributed by atoms with Crippen LogP contribution >= 0.6 is 0 Å². The van der Waals surface area contributed by atoms with Crippen LogP contribution in [0.25, 0.3) is 28.3 Å². The predicted molar refractivity (Wildman–Crippen MR) is 83.9 cm³/mol. The summed E-state index contributed by atoms with van der Waals surface area (Å²) in [7, 11) is 0. The Morgan fingerprint density at radius 2 is 1.57 bits per heavy atom. The Bertz CT molecular complexity index is 807. The molecular formula is C18H13N3. The molecule has 0 radical (unpaired) electrons. The van der Waals surface area contributed by atoms with Crippen LogP contribution in [-0.4, -0.2) is 14.4 Å². The van der Waals surface area contributed by atoms with Crippen LogP contribution < -0.4 is 0 Å². The van der Waals surface area contributed by atoms with Gasteiger partial charge in [0.05, 0.1) is 11.2 Å². The van der Waals surface area contributed by atoms with Crippen molar-refractivity contribution >= 4 is 5.52 Å². The predicted octanol–water partition coefficient (Wildman–Crippen LogP) is 4.06. The molecule has 3 aromatic heterocycles. The van der Waals surface area contributed by atoms with Crippen molar-refractivity contribution < 1.29 is 0 Å². The van der Waals surface area contributed by atoms with E-state index in [1.165, 1.54) is 0 Å². The standard InChI is InChI=1S/C18H13N3/c1-2-8-14(9-3-1)18-20-17(15-10-4-6-12-19-15)16-11-5-7-13-21(16)18/h1-13H.